The van der Waals surface area contributed by atoms with Crippen molar-refractivity contribution in [2.75, 3.05) is 5.75 Å². The van der Waals surface area contributed by atoms with Gasteiger partial charge in [-0.15, -0.1) is 11.8 Å². The first kappa shape index (κ1) is 15.1. The smallest absolute Gasteiger partial charge is 0.0749 e. The van der Waals surface area contributed by atoms with E-state index in [9.17, 15) is 0 Å². The Morgan fingerprint density at radius 1 is 0.870 bits per heavy atom. The molecule has 23 heavy (non-hydrogen) atoms. The van der Waals surface area contributed by atoms with E-state index in [1.165, 1.54) is 34.4 Å². The average molecular weight is 321 g/mol. The minimum atomic E-state index is 0.0747. The predicted octanol–water partition coefficient (Wildman–Crippen LogP) is 6.41. The third-order valence-corrected chi connectivity index (χ3v) is 6.44. The van der Waals surface area contributed by atoms with Crippen LogP contribution in [0.2, 0.25) is 0 Å². The Balaban J connectivity index is 1.95. The molecular weight excluding hydrogens is 296 g/mol. The predicted molar refractivity (Wildman–Crippen MR) is 102 cm³/mol. The summed E-state index contributed by atoms with van der Waals surface area (Å²) in [6, 6.07) is 18.0. The Morgan fingerprint density at radius 2 is 1.39 bits per heavy atom. The fourth-order valence-electron chi connectivity index (χ4n) is 4.29. The van der Waals surface area contributed by atoms with Gasteiger partial charge in [-0.05, 0) is 45.4 Å². The van der Waals surface area contributed by atoms with Crippen LogP contribution < -0.4 is 0 Å². The highest BCUT2D eigenvalue weighted by atomic mass is 32.2. The molecule has 0 radical (unpaired) electrons. The summed E-state index contributed by atoms with van der Waals surface area (Å²) in [4.78, 5) is 1.62. The highest BCUT2D eigenvalue weighted by Gasteiger charge is 2.62. The minimum absolute atomic E-state index is 0.0747. The van der Waals surface area contributed by atoms with Gasteiger partial charge >= 0.3 is 0 Å². The number of benzene rings is 2. The van der Waals surface area contributed by atoms with Crippen molar-refractivity contribution in [3.05, 3.63) is 70.1 Å². The summed E-state index contributed by atoms with van der Waals surface area (Å²) < 4.78 is 0. The van der Waals surface area contributed by atoms with E-state index in [0.29, 0.717) is 0 Å². The molecular formula is C22H24S. The Morgan fingerprint density at radius 3 is 1.87 bits per heavy atom. The van der Waals surface area contributed by atoms with Crippen LogP contribution in [0.3, 0.4) is 0 Å². The van der Waals surface area contributed by atoms with Gasteiger partial charge in [0.2, 0.25) is 0 Å². The lowest BCUT2D eigenvalue weighted by molar-refractivity contribution is 0.496. The minimum Gasteiger partial charge on any atom is -0.129 e. The van der Waals surface area contributed by atoms with E-state index >= 15 is 0 Å². The Bertz CT molecular complexity index is 759. The number of hydrogen-bond acceptors (Lipinski definition) is 1. The van der Waals surface area contributed by atoms with Crippen LogP contribution in [0.15, 0.2) is 59.0 Å². The fourth-order valence-corrected chi connectivity index (χ4v) is 5.79. The molecule has 0 unspecified atom stereocenters. The molecule has 0 nitrogen and oxygen atoms in total. The summed E-state index contributed by atoms with van der Waals surface area (Å²) in [7, 11) is 0. The molecule has 0 N–H and O–H groups in total. The molecule has 2 aromatic carbocycles. The second-order valence-electron chi connectivity index (χ2n) is 7.64. The van der Waals surface area contributed by atoms with Crippen LogP contribution in [0.1, 0.15) is 45.2 Å². The summed E-state index contributed by atoms with van der Waals surface area (Å²) >= 11 is 2.08. The van der Waals surface area contributed by atoms with E-state index < -0.39 is 0 Å². The van der Waals surface area contributed by atoms with Crippen LogP contribution in [0.5, 0.6) is 0 Å². The second-order valence-corrected chi connectivity index (χ2v) is 8.75. The maximum Gasteiger partial charge on any atom is 0.0749 e. The van der Waals surface area contributed by atoms with Crippen LogP contribution >= 0.6 is 11.8 Å². The second kappa shape index (κ2) is 5.01. The molecule has 2 aromatic rings. The zero-order valence-electron chi connectivity index (χ0n) is 14.4. The number of thioether (sulfide) groups is 1. The fraction of sp³-hybridized carbons (Fsp3) is 0.364. The molecule has 1 spiro atoms. The summed E-state index contributed by atoms with van der Waals surface area (Å²) in [5.41, 5.74) is 7.79. The van der Waals surface area contributed by atoms with Gasteiger partial charge in [-0.3, -0.25) is 0 Å². The summed E-state index contributed by atoms with van der Waals surface area (Å²) in [6.45, 7) is 9.38. The van der Waals surface area contributed by atoms with Crippen LogP contribution in [0, 0.1) is 5.41 Å². The Labute approximate surface area is 144 Å². The van der Waals surface area contributed by atoms with Gasteiger partial charge in [0.15, 0.2) is 0 Å². The summed E-state index contributed by atoms with van der Waals surface area (Å²) in [5, 5.41) is 0. The van der Waals surface area contributed by atoms with E-state index in [0.717, 1.165) is 0 Å². The van der Waals surface area contributed by atoms with E-state index in [1.807, 2.05) is 0 Å². The standard InChI is InChI=1S/C22H24S/c1-5-14-23-20-19(21(2,3)4)22(20)17-12-8-6-10-15(17)16-11-7-9-13-18(16)22/h6-13H,5,14H2,1-4H3. The van der Waals surface area contributed by atoms with Crippen LogP contribution in [0.25, 0.3) is 11.1 Å². The van der Waals surface area contributed by atoms with Crippen LogP contribution in [-0.4, -0.2) is 5.75 Å². The van der Waals surface area contributed by atoms with Crippen molar-refractivity contribution < 1.29 is 0 Å². The average Bonchev–Trinajstić information content (AvgIpc) is 3.14. The van der Waals surface area contributed by atoms with Gasteiger partial charge in [0.05, 0.1) is 5.41 Å². The lowest BCUT2D eigenvalue weighted by Crippen LogP contribution is -2.18. The highest BCUT2D eigenvalue weighted by Crippen LogP contribution is 2.73. The van der Waals surface area contributed by atoms with Gasteiger partial charge in [0, 0.05) is 4.91 Å². The van der Waals surface area contributed by atoms with Crippen molar-refractivity contribution in [2.45, 2.75) is 39.5 Å². The molecule has 4 rings (SSSR count). The van der Waals surface area contributed by atoms with Gasteiger partial charge in [-0.2, -0.15) is 0 Å². The maximum atomic E-state index is 2.37. The van der Waals surface area contributed by atoms with Gasteiger partial charge < -0.3 is 0 Å². The molecule has 0 fully saturated rings. The first-order valence-corrected chi connectivity index (χ1v) is 9.59. The lowest BCUT2D eigenvalue weighted by Gasteiger charge is -2.24. The molecule has 2 aliphatic rings. The number of hydrogen-bond donors (Lipinski definition) is 0. The van der Waals surface area contributed by atoms with Crippen molar-refractivity contribution in [1.82, 2.24) is 0 Å². The van der Waals surface area contributed by atoms with E-state index in [4.69, 9.17) is 0 Å². The zero-order chi connectivity index (χ0) is 16.2. The first-order chi connectivity index (χ1) is 11.0. The third-order valence-electron chi connectivity index (χ3n) is 5.03. The SMILES string of the molecule is CCCSC1=C(C(C)(C)C)C12c1ccccc1-c1ccccc12. The monoisotopic (exact) mass is 320 g/mol. The lowest BCUT2D eigenvalue weighted by atomic mass is 9.79. The normalized spacial score (nSPS) is 17.4. The molecule has 0 bridgehead atoms. The molecule has 0 amide bonds. The van der Waals surface area contributed by atoms with Crippen molar-refractivity contribution in [2.24, 2.45) is 5.41 Å². The molecule has 0 aliphatic heterocycles. The zero-order valence-corrected chi connectivity index (χ0v) is 15.3. The van der Waals surface area contributed by atoms with Gasteiger partial charge in [0.25, 0.3) is 0 Å². The Hall–Kier alpha value is -1.47. The van der Waals surface area contributed by atoms with Crippen molar-refractivity contribution in [3.8, 4) is 11.1 Å². The summed E-state index contributed by atoms with van der Waals surface area (Å²) in [6.07, 6.45) is 1.23. The molecule has 118 valence electrons. The van der Waals surface area contributed by atoms with E-state index in [-0.39, 0.29) is 10.8 Å². The molecule has 2 aliphatic carbocycles. The van der Waals surface area contributed by atoms with Crippen molar-refractivity contribution in [1.29, 1.82) is 0 Å². The highest BCUT2D eigenvalue weighted by molar-refractivity contribution is 8.03. The summed E-state index contributed by atoms with van der Waals surface area (Å²) in [5.74, 6) is 1.21. The van der Waals surface area contributed by atoms with Crippen LogP contribution in [-0.2, 0) is 5.41 Å². The van der Waals surface area contributed by atoms with Crippen LogP contribution in [0.4, 0.5) is 0 Å². The van der Waals surface area contributed by atoms with Crippen molar-refractivity contribution >= 4 is 11.8 Å². The van der Waals surface area contributed by atoms with Gasteiger partial charge in [0.1, 0.15) is 0 Å². The molecule has 0 atom stereocenters. The third kappa shape index (κ3) is 1.92. The molecule has 0 heterocycles. The topological polar surface area (TPSA) is 0 Å². The quantitative estimate of drug-likeness (QED) is 0.629. The van der Waals surface area contributed by atoms with Gasteiger partial charge in [-0.25, -0.2) is 0 Å². The first-order valence-electron chi connectivity index (χ1n) is 8.60. The number of rotatable bonds is 3. The molecule has 0 saturated carbocycles. The maximum absolute atomic E-state index is 2.37. The number of allylic oxidation sites excluding steroid dienone is 2. The number of fused-ring (bicyclic) bond motifs is 5. The van der Waals surface area contributed by atoms with Crippen molar-refractivity contribution in [3.63, 3.8) is 0 Å². The largest absolute Gasteiger partial charge is 0.129 e. The molecule has 0 saturated heterocycles. The van der Waals surface area contributed by atoms with Gasteiger partial charge in [-0.1, -0.05) is 76.2 Å². The van der Waals surface area contributed by atoms with E-state index in [2.05, 4.69) is 88.0 Å². The van der Waals surface area contributed by atoms with E-state index in [1.54, 1.807) is 10.5 Å². The molecule has 1 heteroatoms. The molecule has 0 aromatic heterocycles. The Kier molecular flexibility index (Phi) is 3.29.